The van der Waals surface area contributed by atoms with Crippen LogP contribution in [-0.2, 0) is 18.0 Å². The number of likely N-dealkylation sites (N-methyl/N-ethyl adjacent to an activating group) is 1. The molecular weight excluding hydrogens is 508 g/mol. The maximum Gasteiger partial charge on any atom is 0.319 e. The highest BCUT2D eigenvalue weighted by Gasteiger charge is 2.23. The van der Waals surface area contributed by atoms with E-state index in [9.17, 15) is 5.11 Å². The van der Waals surface area contributed by atoms with E-state index >= 15 is 0 Å². The van der Waals surface area contributed by atoms with Gasteiger partial charge in [-0.2, -0.15) is 9.97 Å². The summed E-state index contributed by atoms with van der Waals surface area (Å²) in [6.07, 6.45) is 2.94. The average molecular weight is 555 g/mol. The molecule has 1 saturated heterocycles. The highest BCUT2D eigenvalue weighted by molar-refractivity contribution is 6.76. The molecule has 0 aliphatic carbocycles. The Morgan fingerprint density at radius 2 is 1.77 bits per heavy atom. The van der Waals surface area contributed by atoms with E-state index in [1.807, 2.05) is 22.9 Å². The van der Waals surface area contributed by atoms with Crippen LogP contribution in [0.3, 0.4) is 0 Å². The van der Waals surface area contributed by atoms with Gasteiger partial charge in [-0.15, -0.1) is 0 Å². The van der Waals surface area contributed by atoms with Crippen LogP contribution in [0.25, 0.3) is 11.0 Å². The van der Waals surface area contributed by atoms with Gasteiger partial charge in [-0.1, -0.05) is 57.3 Å². The van der Waals surface area contributed by atoms with Crippen molar-refractivity contribution in [2.45, 2.75) is 64.8 Å². The molecule has 1 atom stereocenters. The van der Waals surface area contributed by atoms with Gasteiger partial charge < -0.3 is 29.8 Å². The number of aliphatic hydroxyl groups is 1. The lowest BCUT2D eigenvalue weighted by molar-refractivity contribution is 0.0899. The minimum atomic E-state index is -1.21. The van der Waals surface area contributed by atoms with Crippen LogP contribution in [0.4, 0.5) is 5.82 Å². The van der Waals surface area contributed by atoms with Crippen molar-refractivity contribution < 1.29 is 14.6 Å². The number of nitrogens with zero attached hydrogens (tertiary/aromatic N) is 5. The highest BCUT2D eigenvalue weighted by Crippen LogP contribution is 2.33. The second kappa shape index (κ2) is 13.2. The molecule has 9 nitrogen and oxygen atoms in total. The van der Waals surface area contributed by atoms with Gasteiger partial charge in [0.2, 0.25) is 0 Å². The molecule has 3 N–H and O–H groups in total. The van der Waals surface area contributed by atoms with Crippen molar-refractivity contribution in [3.8, 4) is 6.01 Å². The van der Waals surface area contributed by atoms with Crippen LogP contribution < -0.4 is 10.5 Å². The van der Waals surface area contributed by atoms with Gasteiger partial charge in [0.1, 0.15) is 23.9 Å². The summed E-state index contributed by atoms with van der Waals surface area (Å²) < 4.78 is 13.7. The standard InChI is InChI=1S/C29H46N6O3Si/c1-6-7-16-38-29-31-25-24(20-35(26(25)28(30)32-29)21-37-17-18-39(3,4)5)27(36)23-10-8-22(9-11-23)19-34-14-12-33(2)13-15-34/h8-11,20,27,36H,6-7,12-19,21H2,1-5H3,(H2,30,31,32). The van der Waals surface area contributed by atoms with Crippen LogP contribution in [-0.4, -0.2) is 84.0 Å². The number of fused-ring (bicyclic) bond motifs is 1. The molecule has 1 fully saturated rings. The van der Waals surface area contributed by atoms with Crippen molar-refractivity contribution in [1.82, 2.24) is 24.3 Å². The molecule has 10 heteroatoms. The SMILES string of the molecule is CCCCOc1nc(N)c2c(n1)c(C(O)c1ccc(CN3CCN(C)CC3)cc1)cn2COCC[Si](C)(C)C. The summed E-state index contributed by atoms with van der Waals surface area (Å²) in [6, 6.07) is 9.54. The van der Waals surface area contributed by atoms with Crippen molar-refractivity contribution in [3.05, 3.63) is 47.2 Å². The number of benzene rings is 1. The first kappa shape index (κ1) is 29.5. The topological polar surface area (TPSA) is 102 Å². The van der Waals surface area contributed by atoms with Crippen LogP contribution in [0, 0.1) is 0 Å². The molecule has 0 saturated carbocycles. The molecule has 0 radical (unpaired) electrons. The summed E-state index contributed by atoms with van der Waals surface area (Å²) in [4.78, 5) is 13.9. The van der Waals surface area contributed by atoms with E-state index in [-0.39, 0.29) is 6.01 Å². The molecule has 0 spiro atoms. The number of aliphatic hydroxyl groups excluding tert-OH is 1. The Morgan fingerprint density at radius 3 is 2.44 bits per heavy atom. The molecule has 4 rings (SSSR count). The second-order valence-corrected chi connectivity index (χ2v) is 17.5. The molecule has 3 aromatic rings. The molecule has 0 bridgehead atoms. The largest absolute Gasteiger partial charge is 0.463 e. The zero-order chi connectivity index (χ0) is 28.0. The predicted molar refractivity (Wildman–Crippen MR) is 160 cm³/mol. The Labute approximate surface area is 233 Å². The van der Waals surface area contributed by atoms with Crippen LogP contribution >= 0.6 is 0 Å². The number of rotatable bonds is 13. The summed E-state index contributed by atoms with van der Waals surface area (Å²) in [5, 5.41) is 11.5. The van der Waals surface area contributed by atoms with E-state index in [0.717, 1.165) is 57.2 Å². The number of unbranched alkanes of at least 4 members (excludes halogenated alkanes) is 1. The van der Waals surface area contributed by atoms with E-state index in [4.69, 9.17) is 20.2 Å². The van der Waals surface area contributed by atoms with E-state index in [1.165, 1.54) is 5.56 Å². The maximum atomic E-state index is 11.5. The first-order chi connectivity index (χ1) is 18.6. The molecule has 1 unspecified atom stereocenters. The van der Waals surface area contributed by atoms with Crippen LogP contribution in [0.5, 0.6) is 6.01 Å². The summed E-state index contributed by atoms with van der Waals surface area (Å²) in [5.74, 6) is 0.321. The maximum absolute atomic E-state index is 11.5. The summed E-state index contributed by atoms with van der Waals surface area (Å²) in [7, 11) is 0.962. The molecule has 1 aliphatic rings. The Balaban J connectivity index is 1.57. The Kier molecular flexibility index (Phi) is 10.0. The number of anilines is 1. The molecule has 2 aromatic heterocycles. The molecule has 1 aliphatic heterocycles. The van der Waals surface area contributed by atoms with Crippen molar-refractivity contribution in [3.63, 3.8) is 0 Å². The number of hydrogen-bond donors (Lipinski definition) is 2. The summed E-state index contributed by atoms with van der Waals surface area (Å²) >= 11 is 0. The Morgan fingerprint density at radius 1 is 1.05 bits per heavy atom. The lowest BCUT2D eigenvalue weighted by Gasteiger charge is -2.32. The molecule has 214 valence electrons. The van der Waals surface area contributed by atoms with Crippen molar-refractivity contribution >= 4 is 24.9 Å². The number of ether oxygens (including phenoxy) is 2. The quantitative estimate of drug-likeness (QED) is 0.238. The van der Waals surface area contributed by atoms with Crippen LogP contribution in [0.2, 0.25) is 25.7 Å². The van der Waals surface area contributed by atoms with Crippen molar-refractivity contribution in [2.75, 3.05) is 52.2 Å². The normalized spacial score (nSPS) is 16.2. The fourth-order valence-corrected chi connectivity index (χ4v) is 5.45. The number of hydrogen-bond acceptors (Lipinski definition) is 8. The third-order valence-electron chi connectivity index (χ3n) is 7.29. The van der Waals surface area contributed by atoms with E-state index < -0.39 is 14.2 Å². The van der Waals surface area contributed by atoms with E-state index in [1.54, 1.807) is 0 Å². The predicted octanol–water partition coefficient (Wildman–Crippen LogP) is 4.33. The molecule has 3 heterocycles. The zero-order valence-corrected chi connectivity index (χ0v) is 25.3. The highest BCUT2D eigenvalue weighted by atomic mass is 28.3. The number of nitrogens with two attached hydrogens (primary N) is 1. The second-order valence-electron chi connectivity index (χ2n) is 11.9. The van der Waals surface area contributed by atoms with Gasteiger partial charge in [0.05, 0.1) is 6.61 Å². The first-order valence-corrected chi connectivity index (χ1v) is 17.9. The fraction of sp³-hybridized carbons (Fsp3) is 0.586. The Bertz CT molecular complexity index is 1200. The molecule has 39 heavy (non-hydrogen) atoms. The van der Waals surface area contributed by atoms with Gasteiger partial charge in [0.25, 0.3) is 0 Å². The molecule has 0 amide bonds. The summed E-state index contributed by atoms with van der Waals surface area (Å²) in [5.41, 5.74) is 10.4. The lowest BCUT2D eigenvalue weighted by Crippen LogP contribution is -2.43. The monoisotopic (exact) mass is 554 g/mol. The van der Waals surface area contributed by atoms with Crippen LogP contribution in [0.15, 0.2) is 30.5 Å². The van der Waals surface area contributed by atoms with Gasteiger partial charge in [-0.05, 0) is 30.6 Å². The number of aromatic nitrogens is 3. The fourth-order valence-electron chi connectivity index (χ4n) is 4.69. The third-order valence-corrected chi connectivity index (χ3v) is 9.00. The van der Waals surface area contributed by atoms with Gasteiger partial charge in [-0.25, -0.2) is 0 Å². The third kappa shape index (κ3) is 8.01. The zero-order valence-electron chi connectivity index (χ0n) is 24.3. The van der Waals surface area contributed by atoms with Gasteiger partial charge in [0, 0.05) is 59.2 Å². The smallest absolute Gasteiger partial charge is 0.319 e. The Hall–Kier alpha value is -2.50. The molecular formula is C29H46N6O3Si. The lowest BCUT2D eigenvalue weighted by atomic mass is 10.0. The van der Waals surface area contributed by atoms with E-state index in [0.29, 0.717) is 42.4 Å². The average Bonchev–Trinajstić information content (AvgIpc) is 3.26. The van der Waals surface area contributed by atoms with Gasteiger partial charge >= 0.3 is 6.01 Å². The minimum Gasteiger partial charge on any atom is -0.463 e. The number of nitrogen functional groups attached to an aromatic ring is 1. The molecule has 1 aromatic carbocycles. The first-order valence-electron chi connectivity index (χ1n) is 14.2. The number of piperazine rings is 1. The van der Waals surface area contributed by atoms with Crippen molar-refractivity contribution in [2.24, 2.45) is 0 Å². The van der Waals surface area contributed by atoms with Crippen LogP contribution in [0.1, 0.15) is 42.6 Å². The summed E-state index contributed by atoms with van der Waals surface area (Å²) in [6.45, 7) is 15.9. The van der Waals surface area contributed by atoms with Gasteiger partial charge in [0.15, 0.2) is 5.82 Å². The minimum absolute atomic E-state index is 0.238. The van der Waals surface area contributed by atoms with E-state index in [2.05, 4.69) is 60.5 Å². The van der Waals surface area contributed by atoms with Gasteiger partial charge in [-0.3, -0.25) is 4.90 Å². The van der Waals surface area contributed by atoms with Crippen molar-refractivity contribution in [1.29, 1.82) is 0 Å².